The normalized spacial score (nSPS) is 18.2. The number of carbonyl (C=O) groups excluding carboxylic acids is 1. The molecule has 1 aliphatic heterocycles. The lowest BCUT2D eigenvalue weighted by atomic mass is 10.1. The van der Waals surface area contributed by atoms with E-state index in [1.165, 1.54) is 19.3 Å². The van der Waals surface area contributed by atoms with Crippen molar-refractivity contribution in [3.05, 3.63) is 41.6 Å². The second-order valence-electron chi connectivity index (χ2n) is 4.96. The van der Waals surface area contributed by atoms with Gasteiger partial charge in [-0.05, 0) is 43.5 Å². The van der Waals surface area contributed by atoms with E-state index in [9.17, 15) is 4.79 Å². The highest BCUT2D eigenvalue weighted by Crippen LogP contribution is 2.19. The average Bonchev–Trinajstić information content (AvgIpc) is 2.64. The molecule has 0 bridgehead atoms. The predicted molar refractivity (Wildman–Crippen MR) is 76.5 cm³/mol. The van der Waals surface area contributed by atoms with Crippen molar-refractivity contribution in [3.8, 4) is 5.75 Å². The third kappa shape index (κ3) is 3.60. The van der Waals surface area contributed by atoms with Crippen LogP contribution < -0.4 is 4.74 Å². The summed E-state index contributed by atoms with van der Waals surface area (Å²) >= 11 is 0. The monoisotopic (exact) mass is 259 g/mol. The third-order valence-corrected chi connectivity index (χ3v) is 3.59. The smallest absolute Gasteiger partial charge is 0.187 e. The number of methoxy groups -OCH3 is 1. The summed E-state index contributed by atoms with van der Waals surface area (Å²) in [6, 6.07) is 7.27. The molecule has 1 aliphatic rings. The summed E-state index contributed by atoms with van der Waals surface area (Å²) in [7, 11) is 3.69. The Morgan fingerprint density at radius 1 is 1.21 bits per heavy atom. The minimum atomic E-state index is 0.0754. The maximum absolute atomic E-state index is 12.2. The van der Waals surface area contributed by atoms with Gasteiger partial charge in [-0.1, -0.05) is 6.42 Å². The van der Waals surface area contributed by atoms with Crippen molar-refractivity contribution in [1.29, 1.82) is 0 Å². The minimum Gasteiger partial charge on any atom is -0.497 e. The number of ether oxygens (including phenoxy) is 1. The molecule has 0 spiro atoms. The van der Waals surface area contributed by atoms with Gasteiger partial charge in [0.15, 0.2) is 5.78 Å². The molecule has 0 radical (unpaired) electrons. The zero-order chi connectivity index (χ0) is 13.7. The summed E-state index contributed by atoms with van der Waals surface area (Å²) in [5.41, 5.74) is 1.87. The van der Waals surface area contributed by atoms with Gasteiger partial charge in [0.05, 0.1) is 7.11 Å². The molecule has 2 rings (SSSR count). The number of rotatable bonds is 3. The molecule has 0 N–H and O–H groups in total. The zero-order valence-corrected chi connectivity index (χ0v) is 11.7. The number of likely N-dealkylation sites (tertiary alicyclic amines) is 1. The lowest BCUT2D eigenvalue weighted by molar-refractivity contribution is 0.104. The van der Waals surface area contributed by atoms with Gasteiger partial charge in [0, 0.05) is 30.9 Å². The fourth-order valence-electron chi connectivity index (χ4n) is 2.34. The summed E-state index contributed by atoms with van der Waals surface area (Å²) in [5.74, 6) is 0.849. The van der Waals surface area contributed by atoms with Gasteiger partial charge in [-0.2, -0.15) is 0 Å². The number of allylic oxidation sites excluding steroid dienone is 2. The average molecular weight is 259 g/mol. The van der Waals surface area contributed by atoms with E-state index in [4.69, 9.17) is 4.74 Å². The van der Waals surface area contributed by atoms with Gasteiger partial charge in [0.1, 0.15) is 5.75 Å². The predicted octanol–water partition coefficient (Wildman–Crippen LogP) is 3.27. The van der Waals surface area contributed by atoms with Crippen LogP contribution in [0.2, 0.25) is 0 Å². The first-order valence-electron chi connectivity index (χ1n) is 6.81. The van der Waals surface area contributed by atoms with Gasteiger partial charge in [-0.25, -0.2) is 0 Å². The Morgan fingerprint density at radius 2 is 1.95 bits per heavy atom. The van der Waals surface area contributed by atoms with E-state index in [0.29, 0.717) is 5.56 Å². The molecule has 0 aromatic heterocycles. The van der Waals surface area contributed by atoms with Crippen LogP contribution in [0.25, 0.3) is 0 Å². The summed E-state index contributed by atoms with van der Waals surface area (Å²) in [6.07, 6.45) is 6.42. The van der Waals surface area contributed by atoms with Crippen LogP contribution in [0.4, 0.5) is 0 Å². The van der Waals surface area contributed by atoms with Crippen molar-refractivity contribution >= 4 is 5.78 Å². The topological polar surface area (TPSA) is 29.5 Å². The second-order valence-corrected chi connectivity index (χ2v) is 4.96. The molecule has 1 aromatic rings. The van der Waals surface area contributed by atoms with E-state index >= 15 is 0 Å². The molecule has 0 unspecified atom stereocenters. The van der Waals surface area contributed by atoms with Crippen molar-refractivity contribution in [2.24, 2.45) is 0 Å². The Morgan fingerprint density at radius 3 is 2.63 bits per heavy atom. The number of hydrogen-bond donors (Lipinski definition) is 0. The van der Waals surface area contributed by atoms with Crippen LogP contribution in [0.1, 0.15) is 36.0 Å². The third-order valence-electron chi connectivity index (χ3n) is 3.59. The molecule has 1 aromatic carbocycles. The molecule has 3 nitrogen and oxygen atoms in total. The van der Waals surface area contributed by atoms with Gasteiger partial charge in [-0.3, -0.25) is 4.79 Å². The fourth-order valence-corrected chi connectivity index (χ4v) is 2.34. The van der Waals surface area contributed by atoms with Crippen LogP contribution in [-0.2, 0) is 0 Å². The van der Waals surface area contributed by atoms with Crippen LogP contribution in [-0.4, -0.2) is 31.4 Å². The molecule has 1 saturated heterocycles. The van der Waals surface area contributed by atoms with Gasteiger partial charge in [0.2, 0.25) is 0 Å². The molecular weight excluding hydrogens is 238 g/mol. The number of carbonyl (C=O) groups is 1. The first kappa shape index (κ1) is 13.7. The first-order valence-corrected chi connectivity index (χ1v) is 6.81. The highest BCUT2D eigenvalue weighted by Gasteiger charge is 2.12. The Labute approximate surface area is 114 Å². The fraction of sp³-hybridized carbons (Fsp3) is 0.438. The second kappa shape index (κ2) is 6.41. The van der Waals surface area contributed by atoms with Gasteiger partial charge in [-0.15, -0.1) is 0 Å². The van der Waals surface area contributed by atoms with Crippen LogP contribution in [0.5, 0.6) is 5.75 Å². The van der Waals surface area contributed by atoms with E-state index < -0.39 is 0 Å². The van der Waals surface area contributed by atoms with Crippen molar-refractivity contribution in [3.63, 3.8) is 0 Å². The van der Waals surface area contributed by atoms with Crippen LogP contribution in [0.15, 0.2) is 36.0 Å². The van der Waals surface area contributed by atoms with E-state index in [1.807, 2.05) is 24.3 Å². The van der Waals surface area contributed by atoms with Crippen LogP contribution in [0, 0.1) is 0 Å². The maximum atomic E-state index is 12.2. The number of nitrogens with zero attached hydrogens (tertiary/aromatic N) is 1. The number of benzene rings is 1. The van der Waals surface area contributed by atoms with Crippen molar-refractivity contribution in [1.82, 2.24) is 4.90 Å². The molecule has 0 aliphatic carbocycles. The van der Waals surface area contributed by atoms with E-state index in [-0.39, 0.29) is 5.78 Å². The van der Waals surface area contributed by atoms with E-state index in [0.717, 1.165) is 24.4 Å². The molecule has 102 valence electrons. The lowest BCUT2D eigenvalue weighted by Crippen LogP contribution is -2.18. The van der Waals surface area contributed by atoms with Gasteiger partial charge >= 0.3 is 0 Å². The summed E-state index contributed by atoms with van der Waals surface area (Å²) in [4.78, 5) is 14.4. The summed E-state index contributed by atoms with van der Waals surface area (Å²) in [5, 5.41) is 0. The highest BCUT2D eigenvalue weighted by atomic mass is 16.5. The molecule has 3 heteroatoms. The number of ketones is 1. The molecule has 1 fully saturated rings. The maximum Gasteiger partial charge on any atom is 0.187 e. The SMILES string of the molecule is COc1ccc(C(=O)/C=C2/CCCCCN2C)cc1. The summed E-state index contributed by atoms with van der Waals surface area (Å²) in [6.45, 7) is 1.04. The van der Waals surface area contributed by atoms with E-state index in [2.05, 4.69) is 11.9 Å². The first-order chi connectivity index (χ1) is 9.20. The Hall–Kier alpha value is -1.77. The van der Waals surface area contributed by atoms with Crippen LogP contribution in [0.3, 0.4) is 0 Å². The molecule has 0 saturated carbocycles. The zero-order valence-electron chi connectivity index (χ0n) is 11.7. The molecule has 1 heterocycles. The van der Waals surface area contributed by atoms with Crippen molar-refractivity contribution in [2.75, 3.05) is 20.7 Å². The lowest BCUT2D eigenvalue weighted by Gasteiger charge is -2.19. The molecule has 0 atom stereocenters. The molecule has 0 amide bonds. The highest BCUT2D eigenvalue weighted by molar-refractivity contribution is 6.04. The summed E-state index contributed by atoms with van der Waals surface area (Å²) < 4.78 is 5.10. The van der Waals surface area contributed by atoms with Gasteiger partial charge in [0.25, 0.3) is 0 Å². The van der Waals surface area contributed by atoms with Crippen molar-refractivity contribution < 1.29 is 9.53 Å². The molecule has 19 heavy (non-hydrogen) atoms. The quantitative estimate of drug-likeness (QED) is 0.616. The van der Waals surface area contributed by atoms with E-state index in [1.54, 1.807) is 13.2 Å². The largest absolute Gasteiger partial charge is 0.497 e. The standard InChI is InChI=1S/C16H21NO2/c1-17-11-5-3-4-6-14(17)12-16(18)13-7-9-15(19-2)10-8-13/h7-10,12H,3-6,11H2,1-2H3/b14-12-. The van der Waals surface area contributed by atoms with Crippen molar-refractivity contribution in [2.45, 2.75) is 25.7 Å². The minimum absolute atomic E-state index is 0.0754. The molecular formula is C16H21NO2. The number of hydrogen-bond acceptors (Lipinski definition) is 3. The van der Waals surface area contributed by atoms with Crippen LogP contribution >= 0.6 is 0 Å². The Kier molecular flexibility index (Phi) is 4.61. The Balaban J connectivity index is 2.13. The van der Waals surface area contributed by atoms with Gasteiger partial charge < -0.3 is 9.64 Å². The Bertz CT molecular complexity index is 462.